The van der Waals surface area contributed by atoms with E-state index in [0.29, 0.717) is 30.0 Å². The molecular weight excluding hydrogens is 410 g/mol. The predicted octanol–water partition coefficient (Wildman–Crippen LogP) is 3.61. The number of ether oxygens (including phenoxy) is 1. The summed E-state index contributed by atoms with van der Waals surface area (Å²) in [5, 5.41) is 11.1. The smallest absolute Gasteiger partial charge is 0.282 e. The molecule has 2 unspecified atom stereocenters. The average molecular weight is 435 g/mol. The van der Waals surface area contributed by atoms with Crippen LogP contribution in [-0.4, -0.2) is 46.9 Å². The van der Waals surface area contributed by atoms with E-state index in [1.54, 1.807) is 6.07 Å². The molecule has 2 aromatic rings. The molecule has 0 aromatic heterocycles. The van der Waals surface area contributed by atoms with Crippen LogP contribution in [0.3, 0.4) is 0 Å². The van der Waals surface area contributed by atoms with Crippen LogP contribution in [0.4, 0.5) is 11.4 Å². The van der Waals surface area contributed by atoms with Crippen LogP contribution in [0.2, 0.25) is 0 Å². The first kappa shape index (κ1) is 21.7. The molecule has 0 saturated carbocycles. The number of hydrogen-bond donors (Lipinski definition) is 0. The van der Waals surface area contributed by atoms with Crippen LogP contribution in [0.25, 0.3) is 5.57 Å². The number of nitro benzene ring substituents is 1. The van der Waals surface area contributed by atoms with E-state index >= 15 is 0 Å². The highest BCUT2D eigenvalue weighted by Crippen LogP contribution is 2.36. The van der Waals surface area contributed by atoms with Crippen molar-refractivity contribution in [3.05, 3.63) is 75.0 Å². The van der Waals surface area contributed by atoms with Crippen molar-refractivity contribution >= 4 is 28.8 Å². The number of aryl methyl sites for hydroxylation is 2. The first-order valence-electron chi connectivity index (χ1n) is 10.5. The Morgan fingerprint density at radius 1 is 0.938 bits per heavy atom. The third-order valence-corrected chi connectivity index (χ3v) is 5.91. The molecule has 0 spiro atoms. The van der Waals surface area contributed by atoms with Crippen LogP contribution in [0.1, 0.15) is 30.5 Å². The van der Waals surface area contributed by atoms with Gasteiger partial charge in [0.2, 0.25) is 0 Å². The predicted molar refractivity (Wildman–Crippen MR) is 120 cm³/mol. The van der Waals surface area contributed by atoms with E-state index in [9.17, 15) is 19.7 Å². The number of imide groups is 1. The van der Waals surface area contributed by atoms with Crippen LogP contribution < -0.4 is 4.90 Å². The summed E-state index contributed by atoms with van der Waals surface area (Å²) in [5.41, 5.74) is 3.50. The van der Waals surface area contributed by atoms with Gasteiger partial charge >= 0.3 is 0 Å². The number of non-ortho nitro benzene ring substituents is 1. The van der Waals surface area contributed by atoms with Crippen molar-refractivity contribution in [2.24, 2.45) is 0 Å². The molecule has 166 valence electrons. The summed E-state index contributed by atoms with van der Waals surface area (Å²) in [5.74, 6) is -0.832. The third-order valence-electron chi connectivity index (χ3n) is 5.91. The Bertz CT molecular complexity index is 1130. The van der Waals surface area contributed by atoms with Crippen molar-refractivity contribution in [2.75, 3.05) is 18.0 Å². The molecule has 2 heterocycles. The highest BCUT2D eigenvalue weighted by atomic mass is 16.6. The molecule has 0 bridgehead atoms. The second-order valence-electron chi connectivity index (χ2n) is 8.40. The van der Waals surface area contributed by atoms with Gasteiger partial charge in [0.1, 0.15) is 5.70 Å². The maximum Gasteiger partial charge on any atom is 0.282 e. The fraction of sp³-hybridized carbons (Fsp3) is 0.333. The van der Waals surface area contributed by atoms with Crippen LogP contribution in [0.5, 0.6) is 0 Å². The quantitative estimate of drug-likeness (QED) is 0.414. The Balaban J connectivity index is 1.83. The van der Waals surface area contributed by atoms with Gasteiger partial charge in [-0.25, -0.2) is 4.90 Å². The maximum atomic E-state index is 13.6. The minimum absolute atomic E-state index is 0.0766. The summed E-state index contributed by atoms with van der Waals surface area (Å²) in [6, 6.07) is 11.2. The minimum Gasteiger partial charge on any atom is -0.372 e. The summed E-state index contributed by atoms with van der Waals surface area (Å²) in [4.78, 5) is 40.9. The highest BCUT2D eigenvalue weighted by molar-refractivity contribution is 6.45. The summed E-state index contributed by atoms with van der Waals surface area (Å²) >= 11 is 0. The fourth-order valence-corrected chi connectivity index (χ4v) is 4.28. The van der Waals surface area contributed by atoms with Gasteiger partial charge in [-0.15, -0.1) is 0 Å². The maximum absolute atomic E-state index is 13.6. The lowest BCUT2D eigenvalue weighted by atomic mass is 10.0. The molecule has 1 fully saturated rings. The van der Waals surface area contributed by atoms with Gasteiger partial charge in [-0.1, -0.05) is 6.07 Å². The Morgan fingerprint density at radius 3 is 2.12 bits per heavy atom. The Kier molecular flexibility index (Phi) is 5.56. The fourth-order valence-electron chi connectivity index (χ4n) is 4.28. The first-order chi connectivity index (χ1) is 15.2. The van der Waals surface area contributed by atoms with Gasteiger partial charge in [-0.05, 0) is 68.7 Å². The molecular formula is C24H25N3O5. The molecule has 2 aromatic carbocycles. The number of rotatable bonds is 4. The molecule has 0 aliphatic carbocycles. The van der Waals surface area contributed by atoms with E-state index in [2.05, 4.69) is 0 Å². The van der Waals surface area contributed by atoms with Crippen LogP contribution >= 0.6 is 0 Å². The van der Waals surface area contributed by atoms with Gasteiger partial charge in [-0.2, -0.15) is 0 Å². The first-order valence-corrected chi connectivity index (χ1v) is 10.5. The zero-order valence-electron chi connectivity index (χ0n) is 18.5. The number of nitrogens with zero attached hydrogens (tertiary/aromatic N) is 3. The number of amides is 2. The molecule has 1 saturated heterocycles. The number of morpholine rings is 1. The zero-order valence-corrected chi connectivity index (χ0v) is 18.5. The largest absolute Gasteiger partial charge is 0.372 e. The number of hydrogen-bond acceptors (Lipinski definition) is 6. The van der Waals surface area contributed by atoms with Gasteiger partial charge in [0.25, 0.3) is 17.5 Å². The molecule has 2 aliphatic heterocycles. The number of nitro groups is 1. The van der Waals surface area contributed by atoms with Crippen LogP contribution in [0, 0.1) is 24.0 Å². The zero-order chi connectivity index (χ0) is 23.2. The van der Waals surface area contributed by atoms with Crippen LogP contribution in [-0.2, 0) is 14.3 Å². The van der Waals surface area contributed by atoms with E-state index in [-0.39, 0.29) is 23.5 Å². The molecule has 2 amide bonds. The Hall–Kier alpha value is -3.52. The molecule has 8 heteroatoms. The third kappa shape index (κ3) is 3.78. The molecule has 4 rings (SSSR count). The highest BCUT2D eigenvalue weighted by Gasteiger charge is 2.44. The van der Waals surface area contributed by atoms with Crippen molar-refractivity contribution in [3.8, 4) is 0 Å². The van der Waals surface area contributed by atoms with Crippen molar-refractivity contribution in [3.63, 3.8) is 0 Å². The monoisotopic (exact) mass is 435 g/mol. The Labute approximate surface area is 186 Å². The molecule has 2 atom stereocenters. The van der Waals surface area contributed by atoms with Crippen molar-refractivity contribution in [1.82, 2.24) is 4.90 Å². The number of carbonyl (C=O) groups excluding carboxylic acids is 2. The normalized spacial score (nSPS) is 21.5. The SMILES string of the molecule is Cc1ccc(N2C(=O)C(c3ccc([N+](=O)[O-])cc3)=C(N3CC(C)OC(C)C3)C2=O)cc1C. The topological polar surface area (TPSA) is 93.0 Å². The number of benzene rings is 2. The van der Waals surface area contributed by atoms with Gasteiger partial charge in [0.05, 0.1) is 28.4 Å². The second-order valence-corrected chi connectivity index (χ2v) is 8.40. The second kappa shape index (κ2) is 8.20. The molecule has 0 radical (unpaired) electrons. The molecule has 2 aliphatic rings. The molecule has 8 nitrogen and oxygen atoms in total. The van der Waals surface area contributed by atoms with E-state index in [0.717, 1.165) is 11.1 Å². The summed E-state index contributed by atoms with van der Waals surface area (Å²) in [7, 11) is 0. The average Bonchev–Trinajstić information content (AvgIpc) is 2.99. The van der Waals surface area contributed by atoms with Gasteiger partial charge in [0, 0.05) is 25.2 Å². The van der Waals surface area contributed by atoms with Crippen molar-refractivity contribution in [1.29, 1.82) is 0 Å². The standard InChI is InChI=1S/C24H25N3O5/c1-14-5-8-20(11-15(14)2)26-23(28)21(18-6-9-19(10-7-18)27(30)31)22(24(26)29)25-12-16(3)32-17(4)13-25/h5-11,16-17H,12-13H2,1-4H3. The summed E-state index contributed by atoms with van der Waals surface area (Å²) in [6.45, 7) is 8.69. The minimum atomic E-state index is -0.493. The van der Waals surface area contributed by atoms with E-state index in [1.807, 2.05) is 44.7 Å². The van der Waals surface area contributed by atoms with Crippen LogP contribution in [0.15, 0.2) is 48.2 Å². The van der Waals surface area contributed by atoms with Gasteiger partial charge < -0.3 is 9.64 Å². The lowest BCUT2D eigenvalue weighted by Crippen LogP contribution is -2.47. The van der Waals surface area contributed by atoms with E-state index in [4.69, 9.17) is 4.74 Å². The summed E-state index contributed by atoms with van der Waals surface area (Å²) < 4.78 is 5.81. The lowest BCUT2D eigenvalue weighted by molar-refractivity contribution is -0.384. The number of carbonyl (C=O) groups is 2. The lowest BCUT2D eigenvalue weighted by Gasteiger charge is -2.37. The van der Waals surface area contributed by atoms with Gasteiger partial charge in [-0.3, -0.25) is 19.7 Å². The number of anilines is 1. The van der Waals surface area contributed by atoms with E-state index < -0.39 is 16.7 Å². The molecule has 0 N–H and O–H groups in total. The molecule has 32 heavy (non-hydrogen) atoms. The summed E-state index contributed by atoms with van der Waals surface area (Å²) in [6.07, 6.45) is -0.217. The van der Waals surface area contributed by atoms with Crippen molar-refractivity contribution < 1.29 is 19.2 Å². The van der Waals surface area contributed by atoms with Gasteiger partial charge in [0.15, 0.2) is 0 Å². The van der Waals surface area contributed by atoms with Crippen molar-refractivity contribution in [2.45, 2.75) is 39.9 Å². The van der Waals surface area contributed by atoms with E-state index in [1.165, 1.54) is 29.2 Å². The Morgan fingerprint density at radius 2 is 1.56 bits per heavy atom.